The van der Waals surface area contributed by atoms with E-state index >= 15 is 0 Å². The number of rotatable bonds is 5. The lowest BCUT2D eigenvalue weighted by Gasteiger charge is -2.00. The van der Waals surface area contributed by atoms with E-state index in [4.69, 9.17) is 4.18 Å². The molecule has 0 radical (unpaired) electrons. The van der Waals surface area contributed by atoms with Gasteiger partial charge in [-0.2, -0.15) is 0 Å². The fourth-order valence-corrected chi connectivity index (χ4v) is 2.18. The highest BCUT2D eigenvalue weighted by atomic mass is 32.2. The smallest absolute Gasteiger partial charge is 0.189 e. The molecule has 0 heterocycles. The van der Waals surface area contributed by atoms with Crippen LogP contribution in [-0.2, 0) is 15.3 Å². The Balaban J connectivity index is 1.83. The molecule has 0 aromatic heterocycles. The first-order valence-electron chi connectivity index (χ1n) is 5.78. The van der Waals surface area contributed by atoms with Crippen LogP contribution in [0, 0.1) is 5.82 Å². The fourth-order valence-electron chi connectivity index (χ4n) is 1.46. The van der Waals surface area contributed by atoms with Crippen molar-refractivity contribution >= 4 is 17.2 Å². The first-order chi connectivity index (χ1) is 9.25. The fraction of sp³-hybridized carbons (Fsp3) is 0.0667. The lowest BCUT2D eigenvalue weighted by atomic mass is 10.2. The number of hydrogen-bond acceptors (Lipinski definition) is 2. The van der Waals surface area contributed by atoms with E-state index in [1.807, 2.05) is 18.2 Å². The van der Waals surface area contributed by atoms with Crippen molar-refractivity contribution in [3.05, 3.63) is 72.1 Å². The van der Waals surface area contributed by atoms with E-state index < -0.39 is 11.1 Å². The monoisotopic (exact) mass is 276 g/mol. The molecule has 2 rings (SSSR count). The molecule has 0 saturated heterocycles. The molecule has 1 atom stereocenters. The maximum Gasteiger partial charge on any atom is 0.189 e. The summed E-state index contributed by atoms with van der Waals surface area (Å²) in [7, 11) is 0. The van der Waals surface area contributed by atoms with Crippen molar-refractivity contribution in [1.82, 2.24) is 0 Å². The van der Waals surface area contributed by atoms with Gasteiger partial charge in [0.2, 0.25) is 0 Å². The van der Waals surface area contributed by atoms with Crippen LogP contribution in [0.2, 0.25) is 0 Å². The Morgan fingerprint density at radius 1 is 1.05 bits per heavy atom. The van der Waals surface area contributed by atoms with Crippen LogP contribution < -0.4 is 0 Å². The summed E-state index contributed by atoms with van der Waals surface area (Å²) in [5, 5.41) is 0. The Kier molecular flexibility index (Phi) is 5.01. The quantitative estimate of drug-likeness (QED) is 0.834. The van der Waals surface area contributed by atoms with Gasteiger partial charge in [0.15, 0.2) is 11.1 Å². The molecule has 0 saturated carbocycles. The van der Waals surface area contributed by atoms with Gasteiger partial charge in [-0.15, -0.1) is 0 Å². The van der Waals surface area contributed by atoms with Gasteiger partial charge in [0.1, 0.15) is 5.82 Å². The molecule has 0 aliphatic rings. The van der Waals surface area contributed by atoms with Crippen LogP contribution >= 0.6 is 0 Å². The molecule has 2 aromatic rings. The van der Waals surface area contributed by atoms with Crippen molar-refractivity contribution in [1.29, 1.82) is 0 Å². The van der Waals surface area contributed by atoms with E-state index in [9.17, 15) is 8.60 Å². The first kappa shape index (κ1) is 13.6. The topological polar surface area (TPSA) is 26.3 Å². The second kappa shape index (κ2) is 6.97. The number of halogens is 1. The highest BCUT2D eigenvalue weighted by Crippen LogP contribution is 2.07. The number of benzene rings is 2. The zero-order valence-corrected chi connectivity index (χ0v) is 11.0. The molecule has 98 valence electrons. The summed E-state index contributed by atoms with van der Waals surface area (Å²) in [6.45, 7) is 0.235. The van der Waals surface area contributed by atoms with E-state index in [2.05, 4.69) is 0 Å². The van der Waals surface area contributed by atoms with Crippen LogP contribution in [0.15, 0.2) is 65.6 Å². The van der Waals surface area contributed by atoms with Crippen molar-refractivity contribution in [3.8, 4) is 0 Å². The zero-order valence-electron chi connectivity index (χ0n) is 10.2. The van der Waals surface area contributed by atoms with Crippen LogP contribution in [0.1, 0.15) is 5.56 Å². The average molecular weight is 276 g/mol. The summed E-state index contributed by atoms with van der Waals surface area (Å²) in [5.41, 5.74) is 0.871. The van der Waals surface area contributed by atoms with Gasteiger partial charge < -0.3 is 0 Å². The first-order valence-corrected chi connectivity index (χ1v) is 6.85. The predicted octanol–water partition coefficient (Wildman–Crippen LogP) is 3.58. The van der Waals surface area contributed by atoms with E-state index in [0.29, 0.717) is 4.90 Å². The Morgan fingerprint density at radius 3 is 2.42 bits per heavy atom. The maximum atomic E-state index is 12.7. The lowest BCUT2D eigenvalue weighted by molar-refractivity contribution is 0.395. The maximum absolute atomic E-state index is 12.7. The summed E-state index contributed by atoms with van der Waals surface area (Å²) < 4.78 is 29.6. The molecule has 0 aliphatic carbocycles. The molecule has 2 nitrogen and oxygen atoms in total. The third-order valence-corrected chi connectivity index (χ3v) is 3.39. The predicted molar refractivity (Wildman–Crippen MR) is 74.2 cm³/mol. The van der Waals surface area contributed by atoms with Gasteiger partial charge >= 0.3 is 0 Å². The van der Waals surface area contributed by atoms with E-state index in [0.717, 1.165) is 5.56 Å². The van der Waals surface area contributed by atoms with E-state index in [-0.39, 0.29) is 12.4 Å². The van der Waals surface area contributed by atoms with Gasteiger partial charge in [0, 0.05) is 0 Å². The Labute approximate surface area is 114 Å². The van der Waals surface area contributed by atoms with Crippen molar-refractivity contribution < 1.29 is 12.8 Å². The Morgan fingerprint density at radius 2 is 1.74 bits per heavy atom. The summed E-state index contributed by atoms with van der Waals surface area (Å²) in [5.74, 6) is -0.265. The van der Waals surface area contributed by atoms with Gasteiger partial charge in [-0.25, -0.2) is 8.60 Å². The molecule has 0 spiro atoms. The minimum Gasteiger partial charge on any atom is -0.283 e. The van der Waals surface area contributed by atoms with Crippen LogP contribution in [0.4, 0.5) is 4.39 Å². The average Bonchev–Trinajstić information content (AvgIpc) is 2.46. The highest BCUT2D eigenvalue weighted by Gasteiger charge is 2.01. The van der Waals surface area contributed by atoms with Gasteiger partial charge in [-0.3, -0.25) is 4.18 Å². The molecule has 0 amide bonds. The Bertz CT molecular complexity index is 564. The lowest BCUT2D eigenvalue weighted by Crippen LogP contribution is -1.97. The molecular weight excluding hydrogens is 263 g/mol. The molecule has 0 fully saturated rings. The molecular formula is C15H13FO2S. The second-order valence-corrected chi connectivity index (χ2v) is 4.96. The summed E-state index contributed by atoms with van der Waals surface area (Å²) in [4.78, 5) is 0.637. The van der Waals surface area contributed by atoms with Gasteiger partial charge in [0.25, 0.3) is 0 Å². The standard InChI is InChI=1S/C15H13FO2S/c16-14-10-8-13(9-11-14)5-4-12-18-19(17)15-6-2-1-3-7-15/h1-11H,12H2/b5-4+. The van der Waals surface area contributed by atoms with Crippen molar-refractivity contribution in [2.45, 2.75) is 4.90 Å². The molecule has 0 aliphatic heterocycles. The molecule has 19 heavy (non-hydrogen) atoms. The summed E-state index contributed by atoms with van der Waals surface area (Å²) in [6.07, 6.45) is 3.54. The minimum atomic E-state index is -1.46. The molecule has 0 bridgehead atoms. The van der Waals surface area contributed by atoms with E-state index in [1.54, 1.807) is 36.4 Å². The van der Waals surface area contributed by atoms with Gasteiger partial charge in [-0.1, -0.05) is 42.5 Å². The summed E-state index contributed by atoms with van der Waals surface area (Å²) >= 11 is -1.46. The molecule has 4 heteroatoms. The largest absolute Gasteiger partial charge is 0.283 e. The second-order valence-electron chi connectivity index (χ2n) is 3.79. The van der Waals surface area contributed by atoms with Crippen LogP contribution in [0.25, 0.3) is 6.08 Å². The third kappa shape index (κ3) is 4.43. The molecule has 2 aromatic carbocycles. The summed E-state index contributed by atoms with van der Waals surface area (Å²) in [6, 6.07) is 15.1. The van der Waals surface area contributed by atoms with Crippen molar-refractivity contribution in [3.63, 3.8) is 0 Å². The normalized spacial score (nSPS) is 12.7. The van der Waals surface area contributed by atoms with Gasteiger partial charge in [-0.05, 0) is 29.8 Å². The zero-order chi connectivity index (χ0) is 13.5. The third-order valence-electron chi connectivity index (χ3n) is 2.39. The molecule has 0 N–H and O–H groups in total. The minimum absolute atomic E-state index is 0.235. The van der Waals surface area contributed by atoms with Crippen LogP contribution in [0.3, 0.4) is 0 Å². The Hall–Kier alpha value is -1.78. The highest BCUT2D eigenvalue weighted by molar-refractivity contribution is 7.80. The van der Waals surface area contributed by atoms with Gasteiger partial charge in [0.05, 0.1) is 11.5 Å². The van der Waals surface area contributed by atoms with Crippen LogP contribution in [0.5, 0.6) is 0 Å². The van der Waals surface area contributed by atoms with Crippen molar-refractivity contribution in [2.24, 2.45) is 0 Å². The molecule has 1 unspecified atom stereocenters. The van der Waals surface area contributed by atoms with E-state index in [1.165, 1.54) is 12.1 Å². The number of hydrogen-bond donors (Lipinski definition) is 0. The SMILES string of the molecule is O=S(OC/C=C/c1ccc(F)cc1)c1ccccc1. The van der Waals surface area contributed by atoms with Crippen LogP contribution in [-0.4, -0.2) is 10.8 Å². The van der Waals surface area contributed by atoms with Crippen molar-refractivity contribution in [2.75, 3.05) is 6.61 Å².